The van der Waals surface area contributed by atoms with Crippen LogP contribution in [0.15, 0.2) is 24.3 Å². The smallest absolute Gasteiger partial charge is 0.479 e. The monoisotopic (exact) mass is 263 g/mol. The molecule has 0 unspecified atom stereocenters. The summed E-state index contributed by atoms with van der Waals surface area (Å²) in [7, 11) is 0. The number of carboxylic acids is 1. The lowest BCUT2D eigenvalue weighted by molar-refractivity contribution is -0.274. The normalized spacial score (nSPS) is 12.6. The van der Waals surface area contributed by atoms with Gasteiger partial charge in [-0.25, -0.2) is 4.79 Å². The molecule has 0 spiro atoms. The number of hydrogen-bond donors (Lipinski definition) is 2. The van der Waals surface area contributed by atoms with Crippen molar-refractivity contribution in [2.75, 3.05) is 0 Å². The lowest BCUT2D eigenvalue weighted by Gasteiger charge is -2.13. The van der Waals surface area contributed by atoms with Crippen LogP contribution in [0.5, 0.6) is 5.75 Å². The van der Waals surface area contributed by atoms with E-state index in [0.29, 0.717) is 0 Å². The molecule has 98 valence electrons. The molecule has 0 aliphatic rings. The van der Waals surface area contributed by atoms with E-state index < -0.39 is 24.1 Å². The van der Waals surface area contributed by atoms with Crippen LogP contribution in [-0.4, -0.2) is 23.8 Å². The number of aliphatic carboxylic acids is 1. The molecular formula is C10H8F3NO4. The minimum atomic E-state index is -4.81. The van der Waals surface area contributed by atoms with Gasteiger partial charge < -0.3 is 15.2 Å². The zero-order valence-corrected chi connectivity index (χ0v) is 8.77. The molecule has 1 aromatic rings. The van der Waals surface area contributed by atoms with Gasteiger partial charge in [0, 0.05) is 0 Å². The first-order valence-electron chi connectivity index (χ1n) is 4.61. The molecule has 1 rings (SSSR count). The highest BCUT2D eigenvalue weighted by Gasteiger charge is 2.31. The summed E-state index contributed by atoms with van der Waals surface area (Å²) in [6.07, 6.45) is -4.62. The third-order valence-electron chi connectivity index (χ3n) is 1.93. The van der Waals surface area contributed by atoms with E-state index in [2.05, 4.69) is 4.74 Å². The lowest BCUT2D eigenvalue weighted by Crippen LogP contribution is -2.27. The van der Waals surface area contributed by atoms with Crippen molar-refractivity contribution in [3.8, 4) is 5.75 Å². The van der Waals surface area contributed by atoms with E-state index in [4.69, 9.17) is 5.11 Å². The Morgan fingerprint density at radius 2 is 1.89 bits per heavy atom. The zero-order chi connectivity index (χ0) is 13.8. The Morgan fingerprint density at radius 1 is 1.33 bits per heavy atom. The Morgan fingerprint density at radius 3 is 2.28 bits per heavy atom. The molecule has 0 heterocycles. The molecule has 0 aromatic heterocycles. The molecule has 18 heavy (non-hydrogen) atoms. The number of alkyl halides is 3. The maximum atomic E-state index is 11.9. The summed E-state index contributed by atoms with van der Waals surface area (Å²) >= 11 is 0. The molecule has 1 aromatic carbocycles. The minimum absolute atomic E-state index is 0.129. The maximum absolute atomic E-state index is 11.9. The van der Waals surface area contributed by atoms with E-state index in [1.165, 1.54) is 0 Å². The third-order valence-corrected chi connectivity index (χ3v) is 1.93. The second-order valence-electron chi connectivity index (χ2n) is 3.17. The van der Waals surface area contributed by atoms with Gasteiger partial charge in [-0.2, -0.15) is 0 Å². The highest BCUT2D eigenvalue weighted by molar-refractivity contribution is 5.78. The predicted octanol–water partition coefficient (Wildman–Crippen LogP) is 1.46. The molecule has 8 heteroatoms. The van der Waals surface area contributed by atoms with Crippen molar-refractivity contribution in [2.24, 2.45) is 0 Å². The third kappa shape index (κ3) is 3.96. The van der Waals surface area contributed by atoms with E-state index in [9.17, 15) is 22.8 Å². The molecule has 0 bridgehead atoms. The number of amides is 1. The number of carbonyl (C=O) groups excluding carboxylic acids is 1. The zero-order valence-electron chi connectivity index (χ0n) is 8.77. The molecule has 0 saturated carbocycles. The van der Waals surface area contributed by atoms with Crippen LogP contribution >= 0.6 is 0 Å². The molecule has 0 aliphatic carbocycles. The van der Waals surface area contributed by atoms with Crippen LogP contribution in [0, 0.1) is 0 Å². The van der Waals surface area contributed by atoms with Gasteiger partial charge in [-0.3, -0.25) is 4.79 Å². The fraction of sp³-hybridized carbons (Fsp3) is 0.200. The van der Waals surface area contributed by atoms with Crippen LogP contribution in [0.25, 0.3) is 0 Å². The molecule has 0 aliphatic heterocycles. The number of benzene rings is 1. The van der Waals surface area contributed by atoms with Gasteiger partial charge in [0.1, 0.15) is 5.75 Å². The molecule has 2 N–H and O–H groups in total. The summed E-state index contributed by atoms with van der Waals surface area (Å²) in [5.41, 5.74) is 0.129. The van der Waals surface area contributed by atoms with E-state index in [1.54, 1.807) is 0 Å². The van der Waals surface area contributed by atoms with Crippen molar-refractivity contribution in [3.63, 3.8) is 0 Å². The van der Waals surface area contributed by atoms with Crippen molar-refractivity contribution in [1.29, 1.82) is 0 Å². The molecule has 0 radical (unpaired) electrons. The highest BCUT2D eigenvalue weighted by Crippen LogP contribution is 2.24. The summed E-state index contributed by atoms with van der Waals surface area (Å²) in [6.45, 7) is 0. The van der Waals surface area contributed by atoms with Crippen LogP contribution < -0.4 is 10.1 Å². The summed E-state index contributed by atoms with van der Waals surface area (Å²) in [4.78, 5) is 21.0. The van der Waals surface area contributed by atoms with E-state index in [0.717, 1.165) is 24.3 Å². The minimum Gasteiger partial charge on any atom is -0.479 e. The predicted molar refractivity (Wildman–Crippen MR) is 52.7 cm³/mol. The number of nitrogens with one attached hydrogen (secondary N) is 1. The number of carbonyl (C=O) groups is 2. The first-order valence-corrected chi connectivity index (χ1v) is 4.61. The Labute approximate surface area is 99.2 Å². The Kier molecular flexibility index (Phi) is 4.13. The molecular weight excluding hydrogens is 255 g/mol. The number of rotatable bonds is 5. The fourth-order valence-electron chi connectivity index (χ4n) is 1.24. The maximum Gasteiger partial charge on any atom is 0.573 e. The fourth-order valence-corrected chi connectivity index (χ4v) is 1.24. The first-order chi connectivity index (χ1) is 8.33. The topological polar surface area (TPSA) is 75.6 Å². The molecule has 0 fully saturated rings. The molecule has 5 nitrogen and oxygen atoms in total. The Bertz CT molecular complexity index is 430. The molecule has 1 atom stereocenters. The van der Waals surface area contributed by atoms with Crippen molar-refractivity contribution < 1.29 is 32.6 Å². The Hall–Kier alpha value is -2.25. The van der Waals surface area contributed by atoms with Gasteiger partial charge in [0.05, 0.1) is 0 Å². The summed E-state index contributed by atoms with van der Waals surface area (Å²) in [6, 6.07) is 2.85. The van der Waals surface area contributed by atoms with E-state index in [1.807, 2.05) is 5.32 Å². The number of halogens is 3. The van der Waals surface area contributed by atoms with Crippen molar-refractivity contribution in [2.45, 2.75) is 12.4 Å². The van der Waals surface area contributed by atoms with Crippen molar-refractivity contribution in [3.05, 3.63) is 29.8 Å². The van der Waals surface area contributed by atoms with Crippen LogP contribution in [0.3, 0.4) is 0 Å². The lowest BCUT2D eigenvalue weighted by atomic mass is 10.1. The van der Waals surface area contributed by atoms with Gasteiger partial charge in [0.15, 0.2) is 6.04 Å². The largest absolute Gasteiger partial charge is 0.573 e. The second kappa shape index (κ2) is 5.39. The highest BCUT2D eigenvalue weighted by atomic mass is 19.4. The Balaban J connectivity index is 2.87. The standard InChI is InChI=1S/C10H8F3NO4/c11-10(12,13)18-7-3-1-6(2-4-7)8(9(16)17)14-5-15/h1-5,8H,(H,14,15)(H,16,17)/t8-/m1/s1. The number of hydrogen-bond acceptors (Lipinski definition) is 3. The van der Waals surface area contributed by atoms with Gasteiger partial charge in [-0.05, 0) is 17.7 Å². The van der Waals surface area contributed by atoms with Gasteiger partial charge in [0.25, 0.3) is 0 Å². The SMILES string of the molecule is O=CN[C@@H](C(=O)O)c1ccc(OC(F)(F)F)cc1. The van der Waals surface area contributed by atoms with Crippen LogP contribution in [0.1, 0.15) is 11.6 Å². The average Bonchev–Trinajstić information content (AvgIpc) is 2.25. The number of carboxylic acid groups (broad SMARTS) is 1. The quantitative estimate of drug-likeness (QED) is 0.788. The van der Waals surface area contributed by atoms with E-state index >= 15 is 0 Å². The second-order valence-corrected chi connectivity index (χ2v) is 3.17. The summed E-state index contributed by atoms with van der Waals surface area (Å²) in [5.74, 6) is -1.80. The molecule has 1 amide bonds. The first kappa shape index (κ1) is 13.8. The molecule has 0 saturated heterocycles. The van der Waals surface area contributed by atoms with Gasteiger partial charge in [0.2, 0.25) is 6.41 Å². The van der Waals surface area contributed by atoms with Crippen LogP contribution in [0.2, 0.25) is 0 Å². The van der Waals surface area contributed by atoms with Crippen molar-refractivity contribution >= 4 is 12.4 Å². The number of ether oxygens (including phenoxy) is 1. The van der Waals surface area contributed by atoms with Gasteiger partial charge in [-0.15, -0.1) is 13.2 Å². The van der Waals surface area contributed by atoms with Crippen LogP contribution in [0.4, 0.5) is 13.2 Å². The van der Waals surface area contributed by atoms with Gasteiger partial charge in [-0.1, -0.05) is 12.1 Å². The van der Waals surface area contributed by atoms with Gasteiger partial charge >= 0.3 is 12.3 Å². The van der Waals surface area contributed by atoms with E-state index in [-0.39, 0.29) is 12.0 Å². The van der Waals surface area contributed by atoms with Crippen LogP contribution in [-0.2, 0) is 9.59 Å². The summed E-state index contributed by atoms with van der Waals surface area (Å²) < 4.78 is 39.2. The average molecular weight is 263 g/mol. The van der Waals surface area contributed by atoms with Crippen molar-refractivity contribution in [1.82, 2.24) is 5.32 Å². The summed E-state index contributed by atoms with van der Waals surface area (Å²) in [5, 5.41) is 10.8.